The van der Waals surface area contributed by atoms with Crippen LogP contribution in [0.5, 0.6) is 0 Å². The number of benzene rings is 2. The van der Waals surface area contributed by atoms with Crippen molar-refractivity contribution >= 4 is 28.1 Å². The van der Waals surface area contributed by atoms with E-state index < -0.39 is 29.0 Å². The number of carbonyl (C=O) groups is 1. The number of piperazine rings is 2. The summed E-state index contributed by atoms with van der Waals surface area (Å²) in [6, 6.07) is 5.81. The van der Waals surface area contributed by atoms with Gasteiger partial charge < -0.3 is 23.5 Å². The summed E-state index contributed by atoms with van der Waals surface area (Å²) in [5.41, 5.74) is -0.821. The zero-order valence-electron chi connectivity index (χ0n) is 20.4. The molecule has 2 aromatic heterocycles. The van der Waals surface area contributed by atoms with E-state index in [1.807, 2.05) is 14.1 Å². The predicted molar refractivity (Wildman–Crippen MR) is 127 cm³/mol. The topological polar surface area (TPSA) is 82.1 Å². The van der Waals surface area contributed by atoms with E-state index >= 15 is 0 Å². The molecule has 0 aliphatic carbocycles. The Morgan fingerprint density at radius 3 is 2.41 bits per heavy atom. The first kappa shape index (κ1) is 23.9. The van der Waals surface area contributed by atoms with Gasteiger partial charge in [-0.2, -0.15) is 0 Å². The molecule has 6 rings (SSSR count). The fraction of sp³-hybridized carbons (Fsp3) is 0.400. The van der Waals surface area contributed by atoms with Crippen molar-refractivity contribution in [1.29, 1.82) is 0 Å². The molecule has 2 aliphatic heterocycles. The van der Waals surface area contributed by atoms with Gasteiger partial charge in [0.25, 0.3) is 5.89 Å². The van der Waals surface area contributed by atoms with Gasteiger partial charge in [-0.15, -0.1) is 0 Å². The van der Waals surface area contributed by atoms with Crippen molar-refractivity contribution in [3.63, 3.8) is 0 Å². The average Bonchev–Trinajstić information content (AvgIpc) is 3.48. The lowest BCUT2D eigenvalue weighted by Crippen LogP contribution is -2.70. The molecule has 0 spiro atoms. The number of oxazole rings is 2. The summed E-state index contributed by atoms with van der Waals surface area (Å²) < 4.78 is 53.8. The normalized spacial score (nSPS) is 22.4. The molecule has 1 amide bonds. The third-order valence-corrected chi connectivity index (χ3v) is 7.20. The summed E-state index contributed by atoms with van der Waals surface area (Å²) in [5, 5.41) is 0. The Morgan fingerprint density at radius 2 is 1.62 bits per heavy atom. The van der Waals surface area contributed by atoms with Gasteiger partial charge in [0.15, 0.2) is 22.6 Å². The van der Waals surface area contributed by atoms with Crippen LogP contribution >= 0.6 is 0 Å². The van der Waals surface area contributed by atoms with E-state index in [-0.39, 0.29) is 35.0 Å². The highest BCUT2D eigenvalue weighted by molar-refractivity contribution is 5.93. The van der Waals surface area contributed by atoms with Crippen molar-refractivity contribution in [2.45, 2.75) is 5.66 Å². The first-order valence-electron chi connectivity index (χ1n) is 12.0. The molecule has 0 radical (unpaired) electrons. The molecule has 1 unspecified atom stereocenters. The number of halogens is 3. The smallest absolute Gasteiger partial charge is 0.311 e. The summed E-state index contributed by atoms with van der Waals surface area (Å²) in [5.74, 6) is -2.93. The number of amides is 1. The van der Waals surface area contributed by atoms with Crippen molar-refractivity contribution in [3.05, 3.63) is 59.6 Å². The lowest BCUT2D eigenvalue weighted by molar-refractivity contribution is -0.117. The maximum absolute atomic E-state index is 14.3. The van der Waals surface area contributed by atoms with Crippen LogP contribution in [0.15, 0.2) is 39.2 Å². The number of carbonyl (C=O) groups excluding carboxylic acids is 1. The Hall–Kier alpha value is -3.48. The fourth-order valence-corrected chi connectivity index (χ4v) is 5.27. The molecule has 37 heavy (non-hydrogen) atoms. The van der Waals surface area contributed by atoms with E-state index in [9.17, 15) is 18.0 Å². The second-order valence-corrected chi connectivity index (χ2v) is 9.69. The molecule has 194 valence electrons. The van der Waals surface area contributed by atoms with Gasteiger partial charge >= 0.3 is 5.91 Å². The summed E-state index contributed by atoms with van der Waals surface area (Å²) in [6.07, 6.45) is 0. The van der Waals surface area contributed by atoms with E-state index in [1.54, 1.807) is 4.90 Å². The number of aromatic nitrogens is 2. The first-order chi connectivity index (χ1) is 17.7. The van der Waals surface area contributed by atoms with E-state index in [1.165, 1.54) is 18.2 Å². The third-order valence-electron chi connectivity index (χ3n) is 7.20. The first-order valence-corrected chi connectivity index (χ1v) is 12.0. The highest BCUT2D eigenvalue weighted by Crippen LogP contribution is 2.39. The molecular weight excluding hydrogens is 489 g/mol. The van der Waals surface area contributed by atoms with Gasteiger partial charge in [0.1, 0.15) is 22.7 Å². The zero-order chi connectivity index (χ0) is 25.9. The standard InChI is InChI=1S/C25H25F3N6O3/c1-31-5-8-33(9-6-31)25(24-30-18-4-3-15(26)13-20(18)36-24)14-32(2)7-10-34(25)23(35)22-29-19-12-16(27)11-17(28)21(19)37-22/h3-4,11-13H,5-10,14H2,1-2H3. The average molecular weight is 515 g/mol. The molecule has 2 fully saturated rings. The molecule has 0 saturated carbocycles. The summed E-state index contributed by atoms with van der Waals surface area (Å²) in [7, 11) is 3.96. The van der Waals surface area contributed by atoms with Crippen molar-refractivity contribution in [2.24, 2.45) is 0 Å². The molecule has 2 aliphatic rings. The largest absolute Gasteiger partial charge is 0.437 e. The van der Waals surface area contributed by atoms with E-state index in [2.05, 4.69) is 19.7 Å². The van der Waals surface area contributed by atoms with Gasteiger partial charge in [-0.25, -0.2) is 23.1 Å². The van der Waals surface area contributed by atoms with Crippen LogP contribution in [0.25, 0.3) is 22.2 Å². The summed E-state index contributed by atoms with van der Waals surface area (Å²) in [4.78, 5) is 30.8. The summed E-state index contributed by atoms with van der Waals surface area (Å²) in [6.45, 7) is 3.86. The van der Waals surface area contributed by atoms with Crippen LogP contribution in [0.3, 0.4) is 0 Å². The zero-order valence-corrected chi connectivity index (χ0v) is 20.4. The van der Waals surface area contributed by atoms with E-state index in [0.29, 0.717) is 37.8 Å². The Balaban J connectivity index is 1.51. The van der Waals surface area contributed by atoms with Gasteiger partial charge in [0, 0.05) is 64.0 Å². The quantitative estimate of drug-likeness (QED) is 0.413. The summed E-state index contributed by atoms with van der Waals surface area (Å²) >= 11 is 0. The van der Waals surface area contributed by atoms with Crippen molar-refractivity contribution in [2.75, 3.05) is 59.9 Å². The fourth-order valence-electron chi connectivity index (χ4n) is 5.27. The molecule has 2 aromatic carbocycles. The number of rotatable bonds is 3. The van der Waals surface area contributed by atoms with Crippen LogP contribution in [0, 0.1) is 17.5 Å². The van der Waals surface area contributed by atoms with Gasteiger partial charge in [-0.1, -0.05) is 0 Å². The molecule has 1 atom stereocenters. The Bertz CT molecular complexity index is 1500. The second kappa shape index (κ2) is 8.82. The highest BCUT2D eigenvalue weighted by atomic mass is 19.1. The number of hydrogen-bond acceptors (Lipinski definition) is 8. The van der Waals surface area contributed by atoms with Crippen LogP contribution in [0.2, 0.25) is 0 Å². The molecule has 4 aromatic rings. The minimum absolute atomic E-state index is 0.0856. The number of hydrogen-bond donors (Lipinski definition) is 0. The number of fused-ring (bicyclic) bond motifs is 2. The monoisotopic (exact) mass is 514 g/mol. The van der Waals surface area contributed by atoms with Gasteiger partial charge in [0.2, 0.25) is 5.89 Å². The molecule has 9 nitrogen and oxygen atoms in total. The maximum atomic E-state index is 14.3. The Kier molecular flexibility index (Phi) is 5.70. The Morgan fingerprint density at radius 1 is 0.865 bits per heavy atom. The molecule has 12 heteroatoms. The minimum atomic E-state index is -1.18. The lowest BCUT2D eigenvalue weighted by atomic mass is 9.99. The Labute approximate surface area is 210 Å². The van der Waals surface area contributed by atoms with Crippen molar-refractivity contribution < 1.29 is 26.8 Å². The minimum Gasteiger partial charge on any atom is -0.437 e. The maximum Gasteiger partial charge on any atom is 0.311 e. The van der Waals surface area contributed by atoms with E-state index in [0.717, 1.165) is 19.2 Å². The SMILES string of the molecule is CN1CCN(C2(c3nc4ccc(F)cc4o3)CN(C)CCN2C(=O)c2nc3cc(F)cc(F)c3o2)CC1. The molecule has 0 N–H and O–H groups in total. The van der Waals surface area contributed by atoms with Crippen molar-refractivity contribution in [3.8, 4) is 0 Å². The van der Waals surface area contributed by atoms with Gasteiger partial charge in [-0.3, -0.25) is 9.69 Å². The number of nitrogens with zero attached hydrogens (tertiary/aromatic N) is 6. The van der Waals surface area contributed by atoms with Crippen LogP contribution < -0.4 is 0 Å². The van der Waals surface area contributed by atoms with Crippen LogP contribution in [0.1, 0.15) is 16.6 Å². The van der Waals surface area contributed by atoms with Crippen molar-refractivity contribution in [1.82, 2.24) is 29.6 Å². The highest BCUT2D eigenvalue weighted by Gasteiger charge is 2.54. The van der Waals surface area contributed by atoms with Gasteiger partial charge in [-0.05, 0) is 26.2 Å². The number of likely N-dealkylation sites (N-methyl/N-ethyl adjacent to an activating group) is 2. The molecule has 4 heterocycles. The molecule has 2 saturated heterocycles. The third kappa shape index (κ3) is 3.95. The lowest BCUT2D eigenvalue weighted by Gasteiger charge is -2.54. The van der Waals surface area contributed by atoms with Crippen LogP contribution in [0.4, 0.5) is 13.2 Å². The predicted octanol–water partition coefficient (Wildman–Crippen LogP) is 2.87. The second-order valence-electron chi connectivity index (χ2n) is 9.69. The van der Waals surface area contributed by atoms with E-state index in [4.69, 9.17) is 13.8 Å². The van der Waals surface area contributed by atoms with Gasteiger partial charge in [0.05, 0.1) is 0 Å². The van der Waals surface area contributed by atoms with Crippen LogP contribution in [-0.4, -0.2) is 95.4 Å². The van der Waals surface area contributed by atoms with Crippen LogP contribution in [-0.2, 0) is 5.66 Å². The molecular formula is C25H25F3N6O3. The molecule has 0 bridgehead atoms.